The minimum atomic E-state index is 0. The molecule has 5 heteroatoms. The van der Waals surface area contributed by atoms with Crippen molar-refractivity contribution in [3.63, 3.8) is 0 Å². The molecule has 1 aromatic rings. The molecule has 0 aliphatic heterocycles. The van der Waals surface area contributed by atoms with Gasteiger partial charge in [0.1, 0.15) is 0 Å². The zero-order valence-corrected chi connectivity index (χ0v) is 13.9. The molecule has 0 radical (unpaired) electrons. The van der Waals surface area contributed by atoms with Gasteiger partial charge in [-0.25, -0.2) is 4.99 Å². The molecule has 1 rings (SSSR count). The lowest BCUT2D eigenvalue weighted by Crippen LogP contribution is -2.36. The fourth-order valence-corrected chi connectivity index (χ4v) is 2.39. The van der Waals surface area contributed by atoms with Gasteiger partial charge in [-0.1, -0.05) is 6.92 Å². The number of guanidine groups is 1. The van der Waals surface area contributed by atoms with Crippen LogP contribution in [0, 0.1) is 0 Å². The van der Waals surface area contributed by atoms with E-state index in [1.807, 2.05) is 11.3 Å². The van der Waals surface area contributed by atoms with Gasteiger partial charge < -0.3 is 10.6 Å². The van der Waals surface area contributed by atoms with Crippen molar-refractivity contribution in [2.24, 2.45) is 10.7 Å². The number of aryl methyl sites for hydroxylation is 1. The lowest BCUT2D eigenvalue weighted by molar-refractivity contribution is 0.458. The molecular formula is C12H22IN3S. The lowest BCUT2D eigenvalue weighted by atomic mass is 10.4. The molecule has 1 heterocycles. The molecule has 0 atom stereocenters. The molecule has 3 nitrogen and oxygen atoms in total. The summed E-state index contributed by atoms with van der Waals surface area (Å²) in [5.41, 5.74) is 5.91. The third-order valence-corrected chi connectivity index (χ3v) is 3.76. The standard InChI is InChI=1S/C12H21N3S.HI/c1-4-10-7-8-11(16-10)9-14-12(13)15(5-2)6-3;/h7-8H,4-6,9H2,1-3H3,(H2,13,14);1H. The summed E-state index contributed by atoms with van der Waals surface area (Å²) in [6, 6.07) is 4.31. The van der Waals surface area contributed by atoms with Crippen molar-refractivity contribution in [2.45, 2.75) is 33.7 Å². The maximum Gasteiger partial charge on any atom is 0.191 e. The number of nitrogens with two attached hydrogens (primary N) is 1. The number of rotatable bonds is 5. The Hall–Kier alpha value is -0.300. The largest absolute Gasteiger partial charge is 0.370 e. The zero-order chi connectivity index (χ0) is 12.0. The van der Waals surface area contributed by atoms with Crippen molar-refractivity contribution in [3.8, 4) is 0 Å². The van der Waals surface area contributed by atoms with E-state index in [-0.39, 0.29) is 24.0 Å². The van der Waals surface area contributed by atoms with Gasteiger partial charge in [0.15, 0.2) is 5.96 Å². The first-order valence-electron chi connectivity index (χ1n) is 5.83. The Morgan fingerprint density at radius 2 is 1.82 bits per heavy atom. The van der Waals surface area contributed by atoms with Crippen LogP contribution in [-0.2, 0) is 13.0 Å². The Bertz CT molecular complexity index is 345. The molecule has 17 heavy (non-hydrogen) atoms. The molecule has 0 fully saturated rings. The van der Waals surface area contributed by atoms with Gasteiger partial charge in [0.2, 0.25) is 0 Å². The molecule has 0 bridgehead atoms. The molecule has 0 aromatic carbocycles. The molecule has 0 saturated heterocycles. The van der Waals surface area contributed by atoms with Gasteiger partial charge in [0.05, 0.1) is 6.54 Å². The van der Waals surface area contributed by atoms with Crippen molar-refractivity contribution < 1.29 is 0 Å². The molecule has 0 aliphatic rings. The van der Waals surface area contributed by atoms with Gasteiger partial charge >= 0.3 is 0 Å². The van der Waals surface area contributed by atoms with E-state index in [1.165, 1.54) is 9.75 Å². The second kappa shape index (κ2) is 8.74. The van der Waals surface area contributed by atoms with Crippen LogP contribution in [0.4, 0.5) is 0 Å². The fraction of sp³-hybridized carbons (Fsp3) is 0.583. The molecule has 0 unspecified atom stereocenters. The van der Waals surface area contributed by atoms with Crippen molar-refractivity contribution in [1.82, 2.24) is 4.90 Å². The van der Waals surface area contributed by atoms with E-state index in [1.54, 1.807) is 0 Å². The summed E-state index contributed by atoms with van der Waals surface area (Å²) in [5.74, 6) is 0.649. The summed E-state index contributed by atoms with van der Waals surface area (Å²) in [4.78, 5) is 9.17. The first kappa shape index (κ1) is 16.7. The fourth-order valence-electron chi connectivity index (χ4n) is 1.50. The van der Waals surface area contributed by atoms with E-state index >= 15 is 0 Å². The van der Waals surface area contributed by atoms with Crippen LogP contribution in [-0.4, -0.2) is 23.9 Å². The first-order chi connectivity index (χ1) is 7.71. The molecule has 2 N–H and O–H groups in total. The second-order valence-corrected chi connectivity index (χ2v) is 4.82. The van der Waals surface area contributed by atoms with Crippen LogP contribution in [0.25, 0.3) is 0 Å². The lowest BCUT2D eigenvalue weighted by Gasteiger charge is -2.19. The highest BCUT2D eigenvalue weighted by Crippen LogP contribution is 2.17. The minimum absolute atomic E-state index is 0. The predicted molar refractivity (Wildman–Crippen MR) is 87.4 cm³/mol. The van der Waals surface area contributed by atoms with E-state index < -0.39 is 0 Å². The van der Waals surface area contributed by atoms with E-state index in [9.17, 15) is 0 Å². The third kappa shape index (κ3) is 5.25. The van der Waals surface area contributed by atoms with Crippen LogP contribution in [0.15, 0.2) is 17.1 Å². The average molecular weight is 367 g/mol. The van der Waals surface area contributed by atoms with Gasteiger partial charge in [0, 0.05) is 22.8 Å². The second-order valence-electron chi connectivity index (χ2n) is 3.57. The number of hydrogen-bond acceptors (Lipinski definition) is 2. The highest BCUT2D eigenvalue weighted by molar-refractivity contribution is 14.0. The van der Waals surface area contributed by atoms with Gasteiger partial charge in [-0.2, -0.15) is 0 Å². The number of halogens is 1. The Morgan fingerprint density at radius 1 is 1.24 bits per heavy atom. The number of hydrogen-bond donors (Lipinski definition) is 1. The van der Waals surface area contributed by atoms with Crippen molar-refractivity contribution in [3.05, 3.63) is 21.9 Å². The Morgan fingerprint density at radius 3 is 2.29 bits per heavy atom. The van der Waals surface area contributed by atoms with E-state index in [0.29, 0.717) is 12.5 Å². The molecular weight excluding hydrogens is 345 g/mol. The summed E-state index contributed by atoms with van der Waals surface area (Å²) in [6.45, 7) is 8.88. The summed E-state index contributed by atoms with van der Waals surface area (Å²) >= 11 is 1.82. The van der Waals surface area contributed by atoms with Crippen molar-refractivity contribution >= 4 is 41.3 Å². The van der Waals surface area contributed by atoms with E-state index in [0.717, 1.165) is 19.5 Å². The third-order valence-electron chi connectivity index (χ3n) is 2.55. The monoisotopic (exact) mass is 367 g/mol. The van der Waals surface area contributed by atoms with E-state index in [4.69, 9.17) is 5.73 Å². The van der Waals surface area contributed by atoms with Crippen LogP contribution in [0.3, 0.4) is 0 Å². The van der Waals surface area contributed by atoms with Crippen molar-refractivity contribution in [1.29, 1.82) is 0 Å². The molecule has 98 valence electrons. The highest BCUT2D eigenvalue weighted by Gasteiger charge is 2.02. The minimum Gasteiger partial charge on any atom is -0.370 e. The van der Waals surface area contributed by atoms with Gasteiger partial charge in [-0.05, 0) is 32.4 Å². The quantitative estimate of drug-likeness (QED) is 0.494. The zero-order valence-electron chi connectivity index (χ0n) is 10.8. The molecule has 0 amide bonds. The molecule has 0 spiro atoms. The Labute approximate surface area is 125 Å². The normalized spacial score (nSPS) is 11.1. The highest BCUT2D eigenvalue weighted by atomic mass is 127. The molecule has 0 saturated carbocycles. The van der Waals surface area contributed by atoms with Gasteiger partial charge in [0.25, 0.3) is 0 Å². The van der Waals surface area contributed by atoms with Crippen LogP contribution >= 0.6 is 35.3 Å². The van der Waals surface area contributed by atoms with E-state index in [2.05, 4.69) is 42.8 Å². The average Bonchev–Trinajstić information content (AvgIpc) is 2.76. The topological polar surface area (TPSA) is 41.6 Å². The summed E-state index contributed by atoms with van der Waals surface area (Å²) in [6.07, 6.45) is 1.10. The summed E-state index contributed by atoms with van der Waals surface area (Å²) in [5, 5.41) is 0. The van der Waals surface area contributed by atoms with Gasteiger partial charge in [-0.15, -0.1) is 35.3 Å². The molecule has 1 aromatic heterocycles. The first-order valence-corrected chi connectivity index (χ1v) is 6.65. The predicted octanol–water partition coefficient (Wildman–Crippen LogP) is 3.09. The van der Waals surface area contributed by atoms with Gasteiger partial charge in [-0.3, -0.25) is 0 Å². The summed E-state index contributed by atoms with van der Waals surface area (Å²) < 4.78 is 0. The van der Waals surface area contributed by atoms with Crippen LogP contribution < -0.4 is 5.73 Å². The maximum absolute atomic E-state index is 5.91. The Balaban J connectivity index is 0.00000256. The van der Waals surface area contributed by atoms with Crippen LogP contribution in [0.5, 0.6) is 0 Å². The number of thiophene rings is 1. The summed E-state index contributed by atoms with van der Waals surface area (Å²) in [7, 11) is 0. The smallest absolute Gasteiger partial charge is 0.191 e. The number of nitrogens with zero attached hydrogens (tertiary/aromatic N) is 2. The van der Waals surface area contributed by atoms with Crippen molar-refractivity contribution in [2.75, 3.05) is 13.1 Å². The SMILES string of the molecule is CCc1ccc(CN=C(N)N(CC)CC)s1.I. The van der Waals surface area contributed by atoms with Crippen LogP contribution in [0.1, 0.15) is 30.5 Å². The molecule has 0 aliphatic carbocycles. The Kier molecular flexibility index (Phi) is 8.59. The maximum atomic E-state index is 5.91. The number of aliphatic imine (C=N–C) groups is 1. The van der Waals surface area contributed by atoms with Crippen LogP contribution in [0.2, 0.25) is 0 Å².